The molecule has 0 aliphatic rings. The van der Waals surface area contributed by atoms with Crippen molar-refractivity contribution < 1.29 is 4.42 Å². The molecule has 0 unspecified atom stereocenters. The first kappa shape index (κ1) is 22.8. The van der Waals surface area contributed by atoms with E-state index in [1.165, 1.54) is 0 Å². The van der Waals surface area contributed by atoms with Gasteiger partial charge in [-0.3, -0.25) is 19.9 Å². The Balaban J connectivity index is 1.49. The summed E-state index contributed by atoms with van der Waals surface area (Å²) in [4.78, 5) is 23.7. The van der Waals surface area contributed by atoms with Crippen molar-refractivity contribution in [3.8, 4) is 28.5 Å². The highest BCUT2D eigenvalue weighted by Gasteiger charge is 2.22. The zero-order chi connectivity index (χ0) is 27.6. The van der Waals surface area contributed by atoms with Crippen molar-refractivity contribution in [2.75, 3.05) is 0 Å². The van der Waals surface area contributed by atoms with Gasteiger partial charge in [0.25, 0.3) is 0 Å². The van der Waals surface area contributed by atoms with E-state index in [1.54, 1.807) is 24.8 Å². The molecule has 7 heteroatoms. The molecule has 7 nitrogen and oxygen atoms in total. The minimum atomic E-state index is 0.742. The minimum absolute atomic E-state index is 0.742. The van der Waals surface area contributed by atoms with Gasteiger partial charge in [-0.15, -0.1) is 0 Å². The van der Waals surface area contributed by atoms with Crippen LogP contribution >= 0.6 is 0 Å². The Bertz CT molecular complexity index is 2410. The van der Waals surface area contributed by atoms with Gasteiger partial charge in [0.05, 0.1) is 45.0 Å². The molecule has 6 heterocycles. The van der Waals surface area contributed by atoms with Gasteiger partial charge in [0, 0.05) is 46.3 Å². The van der Waals surface area contributed by atoms with Gasteiger partial charge in [-0.25, -0.2) is 4.98 Å². The number of fused-ring (bicyclic) bond motifs is 9. The molecule has 3 aromatic carbocycles. The number of pyridine rings is 3. The molecule has 0 atom stereocenters. The van der Waals surface area contributed by atoms with E-state index < -0.39 is 0 Å². The minimum Gasteiger partial charge on any atom is -0.454 e. The van der Waals surface area contributed by atoms with E-state index >= 15 is 0 Å². The molecule has 6 aromatic heterocycles. The van der Waals surface area contributed by atoms with Crippen molar-refractivity contribution in [1.29, 1.82) is 0 Å². The quantitative estimate of drug-likeness (QED) is 0.225. The Morgan fingerprint density at radius 3 is 1.93 bits per heavy atom. The maximum Gasteiger partial charge on any atom is 0.160 e. The molecule has 0 saturated heterocycles. The van der Waals surface area contributed by atoms with Gasteiger partial charge >= 0.3 is 0 Å². The highest BCUT2D eigenvalue weighted by Crippen LogP contribution is 2.42. The summed E-state index contributed by atoms with van der Waals surface area (Å²) >= 11 is 0. The largest absolute Gasteiger partial charge is 0.454 e. The lowest BCUT2D eigenvalue weighted by Crippen LogP contribution is -2.00. The van der Waals surface area contributed by atoms with Crippen LogP contribution in [-0.2, 0) is 0 Å². The second kappa shape index (κ2) is 8.78. The van der Waals surface area contributed by atoms with Crippen LogP contribution in [-0.4, -0.2) is 29.5 Å². The van der Waals surface area contributed by atoms with Crippen LogP contribution in [0.25, 0.3) is 83.2 Å². The summed E-state index contributed by atoms with van der Waals surface area (Å²) in [7, 11) is 0. The van der Waals surface area contributed by atoms with Crippen LogP contribution in [0.4, 0.5) is 0 Å². The van der Waals surface area contributed by atoms with Crippen molar-refractivity contribution in [1.82, 2.24) is 29.5 Å². The van der Waals surface area contributed by atoms with Gasteiger partial charge in [0.2, 0.25) is 0 Å². The number of hydrogen-bond donors (Lipinski definition) is 0. The highest BCUT2D eigenvalue weighted by atomic mass is 16.3. The van der Waals surface area contributed by atoms with Gasteiger partial charge in [-0.2, -0.15) is 0 Å². The molecule has 0 aliphatic heterocycles. The van der Waals surface area contributed by atoms with Crippen LogP contribution in [0, 0.1) is 0 Å². The maximum absolute atomic E-state index is 6.60. The van der Waals surface area contributed by atoms with Crippen molar-refractivity contribution in [2.45, 2.75) is 0 Å². The van der Waals surface area contributed by atoms with Crippen molar-refractivity contribution in [3.63, 3.8) is 0 Å². The Kier molecular flexibility index (Phi) is 4.77. The second-order valence-corrected chi connectivity index (χ2v) is 10.2. The van der Waals surface area contributed by atoms with Crippen LogP contribution in [0.5, 0.6) is 0 Å². The first-order valence-electron chi connectivity index (χ1n) is 13.7. The number of furan rings is 1. The molecule has 42 heavy (non-hydrogen) atoms. The van der Waals surface area contributed by atoms with Gasteiger partial charge in [-0.05, 0) is 60.7 Å². The molecular formula is C35H20N6O. The van der Waals surface area contributed by atoms with Gasteiger partial charge in [-0.1, -0.05) is 36.4 Å². The predicted octanol–water partition coefficient (Wildman–Crippen LogP) is 8.15. The lowest BCUT2D eigenvalue weighted by molar-refractivity contribution is 0.671. The third kappa shape index (κ3) is 3.31. The summed E-state index contributed by atoms with van der Waals surface area (Å²) in [5, 5.41) is 4.27. The Morgan fingerprint density at radius 2 is 1.17 bits per heavy atom. The van der Waals surface area contributed by atoms with Crippen molar-refractivity contribution >= 4 is 54.8 Å². The fourth-order valence-corrected chi connectivity index (χ4v) is 5.99. The van der Waals surface area contributed by atoms with Crippen LogP contribution in [0.2, 0.25) is 0 Å². The van der Waals surface area contributed by atoms with E-state index in [0.29, 0.717) is 0 Å². The average Bonchev–Trinajstić information content (AvgIpc) is 3.62. The van der Waals surface area contributed by atoms with Gasteiger partial charge < -0.3 is 8.98 Å². The zero-order valence-electron chi connectivity index (χ0n) is 22.1. The Labute approximate surface area is 238 Å². The molecule has 9 rings (SSSR count). The summed E-state index contributed by atoms with van der Waals surface area (Å²) in [6.45, 7) is 0. The van der Waals surface area contributed by atoms with E-state index in [-0.39, 0.29) is 0 Å². The van der Waals surface area contributed by atoms with Gasteiger partial charge in [0.1, 0.15) is 11.1 Å². The molecule has 0 radical (unpaired) electrons. The van der Waals surface area contributed by atoms with E-state index in [1.807, 2.05) is 60.7 Å². The summed E-state index contributed by atoms with van der Waals surface area (Å²) in [6.07, 6.45) is 7.03. The topological polar surface area (TPSA) is 82.5 Å². The fourth-order valence-electron chi connectivity index (χ4n) is 5.99. The predicted molar refractivity (Wildman–Crippen MR) is 165 cm³/mol. The second-order valence-electron chi connectivity index (χ2n) is 10.2. The van der Waals surface area contributed by atoms with Crippen LogP contribution in [0.15, 0.2) is 126 Å². The molecule has 0 amide bonds. The summed E-state index contributed by atoms with van der Waals surface area (Å²) < 4.78 is 8.85. The zero-order valence-corrected chi connectivity index (χ0v) is 22.1. The summed E-state index contributed by atoms with van der Waals surface area (Å²) in [6, 6.07) is 32.5. The molecule has 9 aromatic rings. The molecule has 196 valence electrons. The number of para-hydroxylation sites is 1. The molecule has 0 N–H and O–H groups in total. The molecule has 0 fully saturated rings. The van der Waals surface area contributed by atoms with Crippen LogP contribution in [0.1, 0.15) is 0 Å². The van der Waals surface area contributed by atoms with E-state index in [2.05, 4.69) is 55.9 Å². The van der Waals surface area contributed by atoms with E-state index in [4.69, 9.17) is 14.4 Å². The first-order valence-corrected chi connectivity index (χ1v) is 13.7. The molecule has 0 aliphatic carbocycles. The van der Waals surface area contributed by atoms with Gasteiger partial charge in [0.15, 0.2) is 5.58 Å². The smallest absolute Gasteiger partial charge is 0.160 e. The Morgan fingerprint density at radius 1 is 0.500 bits per heavy atom. The number of hydrogen-bond acceptors (Lipinski definition) is 6. The summed E-state index contributed by atoms with van der Waals surface area (Å²) in [5.74, 6) is 0. The molecule has 0 spiro atoms. The third-order valence-electron chi connectivity index (χ3n) is 7.79. The molecule has 0 saturated carbocycles. The number of nitrogens with zero attached hydrogens (tertiary/aromatic N) is 6. The van der Waals surface area contributed by atoms with E-state index in [9.17, 15) is 0 Å². The number of rotatable bonds is 3. The standard InChI is InChI=1S/C35H20N6O/c1-2-10-31-22(7-1)25-12-11-24-23-13-14-28-32(39-18-17-38-28)33(23)41(34(24)35(25)42-31)21-19-29(26-8-3-5-15-36-26)40-30(20-21)27-9-4-6-16-37-27/h1-20H. The Hall–Kier alpha value is -5.95. The van der Waals surface area contributed by atoms with Crippen molar-refractivity contribution in [2.24, 2.45) is 0 Å². The molecule has 0 bridgehead atoms. The van der Waals surface area contributed by atoms with Crippen LogP contribution < -0.4 is 0 Å². The summed E-state index contributed by atoms with van der Waals surface area (Å²) in [5.41, 5.74) is 9.14. The average molecular weight is 541 g/mol. The normalized spacial score (nSPS) is 11.8. The number of aromatic nitrogens is 6. The molecular weight excluding hydrogens is 520 g/mol. The number of benzene rings is 3. The highest BCUT2D eigenvalue weighted by molar-refractivity contribution is 6.24. The SMILES string of the molecule is c1ccc(-c2cc(-n3c4c(ccc5nccnc54)c4ccc5c6ccccc6oc5c43)cc(-c3ccccn3)n2)nc1. The fraction of sp³-hybridized carbons (Fsp3) is 0. The lowest BCUT2D eigenvalue weighted by atomic mass is 10.1. The lowest BCUT2D eigenvalue weighted by Gasteiger charge is -2.13. The van der Waals surface area contributed by atoms with Crippen LogP contribution in [0.3, 0.4) is 0 Å². The third-order valence-corrected chi connectivity index (χ3v) is 7.79. The maximum atomic E-state index is 6.60. The van der Waals surface area contributed by atoms with E-state index in [0.717, 1.165) is 83.2 Å². The monoisotopic (exact) mass is 540 g/mol. The van der Waals surface area contributed by atoms with Crippen molar-refractivity contribution in [3.05, 3.63) is 122 Å². The first-order chi connectivity index (χ1) is 20.8.